The van der Waals surface area contributed by atoms with Crippen molar-refractivity contribution < 1.29 is 9.45 Å². The van der Waals surface area contributed by atoms with E-state index in [0.29, 0.717) is 5.92 Å². The van der Waals surface area contributed by atoms with Gasteiger partial charge in [0.1, 0.15) is 5.75 Å². The molecule has 1 amide bonds. The zero-order chi connectivity index (χ0) is 13.4. The molecule has 0 aromatic heterocycles. The fraction of sp³-hybridized carbons (Fsp3) is 0.533. The van der Waals surface area contributed by atoms with Gasteiger partial charge in [-0.3, -0.25) is 4.79 Å². The highest BCUT2D eigenvalue weighted by Gasteiger charge is 2.29. The average Bonchev–Trinajstić information content (AvgIpc) is 2.35. The Balaban J connectivity index is 1.71. The fourth-order valence-corrected chi connectivity index (χ4v) is 3.11. The molecule has 1 aromatic rings. The Kier molecular flexibility index (Phi) is 3.25. The van der Waals surface area contributed by atoms with Crippen LogP contribution < -0.4 is 4.65 Å². The van der Waals surface area contributed by atoms with Crippen molar-refractivity contribution in [1.29, 1.82) is 0 Å². The van der Waals surface area contributed by atoms with Gasteiger partial charge in [-0.25, -0.2) is 0 Å². The summed E-state index contributed by atoms with van der Waals surface area (Å²) >= 11 is 0. The van der Waals surface area contributed by atoms with Crippen molar-refractivity contribution >= 4 is 13.4 Å². The summed E-state index contributed by atoms with van der Waals surface area (Å²) in [6.07, 6.45) is 3.33. The molecule has 0 spiro atoms. The molecule has 4 heteroatoms. The van der Waals surface area contributed by atoms with E-state index in [1.54, 1.807) is 6.92 Å². The standard InChI is InChI=1S/C15H20BNO2/c1-10-14(7-12-8-17(9-12)11(2)18)4-3-13-5-6-16-19-15(10)13/h3-4,12,16H,5-9H2,1-2H3. The van der Waals surface area contributed by atoms with Crippen LogP contribution in [0.3, 0.4) is 0 Å². The fourth-order valence-electron chi connectivity index (χ4n) is 3.11. The molecule has 0 radical (unpaired) electrons. The third-order valence-corrected chi connectivity index (χ3v) is 4.35. The number of hydrogen-bond donors (Lipinski definition) is 0. The summed E-state index contributed by atoms with van der Waals surface area (Å²) in [6, 6.07) is 4.47. The van der Waals surface area contributed by atoms with Crippen molar-refractivity contribution in [1.82, 2.24) is 4.90 Å². The zero-order valence-corrected chi connectivity index (χ0v) is 11.7. The summed E-state index contributed by atoms with van der Waals surface area (Å²) in [4.78, 5) is 13.1. The molecule has 2 heterocycles. The average molecular weight is 257 g/mol. The molecule has 1 aromatic carbocycles. The molecule has 1 fully saturated rings. The van der Waals surface area contributed by atoms with Gasteiger partial charge in [0.15, 0.2) is 0 Å². The minimum absolute atomic E-state index is 0.196. The first-order valence-corrected chi connectivity index (χ1v) is 7.15. The number of fused-ring (bicyclic) bond motifs is 1. The molecule has 3 nitrogen and oxygen atoms in total. The van der Waals surface area contributed by atoms with E-state index < -0.39 is 0 Å². The van der Waals surface area contributed by atoms with Crippen LogP contribution in [0.5, 0.6) is 5.75 Å². The Morgan fingerprint density at radius 1 is 1.47 bits per heavy atom. The van der Waals surface area contributed by atoms with Crippen LogP contribution in [0.4, 0.5) is 0 Å². The summed E-state index contributed by atoms with van der Waals surface area (Å²) in [5.74, 6) is 1.93. The lowest BCUT2D eigenvalue weighted by Gasteiger charge is -2.39. The SMILES string of the molecule is CC(=O)N1CC(Cc2ccc3c(c2C)OBCC3)C1. The number of amides is 1. The molecule has 0 bridgehead atoms. The summed E-state index contributed by atoms with van der Waals surface area (Å²) in [5, 5.41) is 0. The van der Waals surface area contributed by atoms with Gasteiger partial charge < -0.3 is 9.55 Å². The van der Waals surface area contributed by atoms with E-state index in [-0.39, 0.29) is 5.91 Å². The Morgan fingerprint density at radius 3 is 3.00 bits per heavy atom. The number of nitrogens with zero attached hydrogens (tertiary/aromatic N) is 1. The maximum absolute atomic E-state index is 11.2. The maximum atomic E-state index is 11.2. The molecular weight excluding hydrogens is 237 g/mol. The minimum atomic E-state index is 0.196. The Labute approximate surface area is 115 Å². The third-order valence-electron chi connectivity index (χ3n) is 4.35. The molecule has 19 heavy (non-hydrogen) atoms. The summed E-state index contributed by atoms with van der Waals surface area (Å²) < 4.78 is 5.82. The van der Waals surface area contributed by atoms with Crippen molar-refractivity contribution in [3.8, 4) is 5.75 Å². The van der Waals surface area contributed by atoms with Gasteiger partial charge in [0.25, 0.3) is 0 Å². The first-order valence-electron chi connectivity index (χ1n) is 7.15. The molecule has 3 rings (SSSR count). The first-order chi connectivity index (χ1) is 9.15. The molecule has 0 N–H and O–H groups in total. The lowest BCUT2D eigenvalue weighted by molar-refractivity contribution is -0.134. The van der Waals surface area contributed by atoms with E-state index in [1.165, 1.54) is 16.7 Å². The number of benzene rings is 1. The normalized spacial score (nSPS) is 18.1. The molecule has 0 atom stereocenters. The minimum Gasteiger partial charge on any atom is -0.564 e. The highest BCUT2D eigenvalue weighted by Crippen LogP contribution is 2.32. The molecule has 2 aliphatic heterocycles. The first kappa shape index (κ1) is 12.6. The van der Waals surface area contributed by atoms with Gasteiger partial charge in [-0.15, -0.1) is 0 Å². The van der Waals surface area contributed by atoms with Gasteiger partial charge in [-0.05, 0) is 48.7 Å². The number of hydrogen-bond acceptors (Lipinski definition) is 2. The van der Waals surface area contributed by atoms with E-state index in [2.05, 4.69) is 19.1 Å². The van der Waals surface area contributed by atoms with Gasteiger partial charge in [0, 0.05) is 20.0 Å². The van der Waals surface area contributed by atoms with Gasteiger partial charge in [-0.1, -0.05) is 12.1 Å². The lowest BCUT2D eigenvalue weighted by Crippen LogP contribution is -2.49. The van der Waals surface area contributed by atoms with Crippen molar-refractivity contribution in [3.63, 3.8) is 0 Å². The summed E-state index contributed by atoms with van der Waals surface area (Å²) in [5.41, 5.74) is 4.04. The van der Waals surface area contributed by atoms with Crippen LogP contribution in [0.2, 0.25) is 6.32 Å². The number of likely N-dealkylation sites (tertiary alicyclic amines) is 1. The Morgan fingerprint density at radius 2 is 2.26 bits per heavy atom. The molecule has 0 unspecified atom stereocenters. The van der Waals surface area contributed by atoms with Crippen molar-refractivity contribution in [2.24, 2.45) is 5.92 Å². The maximum Gasteiger partial charge on any atom is 0.340 e. The Bertz CT molecular complexity index is 509. The van der Waals surface area contributed by atoms with E-state index in [0.717, 1.165) is 45.5 Å². The highest BCUT2D eigenvalue weighted by molar-refractivity contribution is 6.29. The third kappa shape index (κ3) is 2.36. The van der Waals surface area contributed by atoms with Crippen LogP contribution in [0.25, 0.3) is 0 Å². The Hall–Kier alpha value is -1.45. The van der Waals surface area contributed by atoms with Gasteiger partial charge in [0.2, 0.25) is 5.91 Å². The highest BCUT2D eigenvalue weighted by atomic mass is 16.4. The second-order valence-electron chi connectivity index (χ2n) is 5.78. The predicted octanol–water partition coefficient (Wildman–Crippen LogP) is 1.72. The molecule has 100 valence electrons. The van der Waals surface area contributed by atoms with E-state index in [1.807, 2.05) is 4.90 Å². The van der Waals surface area contributed by atoms with Crippen molar-refractivity contribution in [2.45, 2.75) is 33.0 Å². The number of rotatable bonds is 2. The zero-order valence-electron chi connectivity index (χ0n) is 11.7. The van der Waals surface area contributed by atoms with Crippen molar-refractivity contribution in [2.75, 3.05) is 13.1 Å². The largest absolute Gasteiger partial charge is 0.564 e. The summed E-state index contributed by atoms with van der Waals surface area (Å²) in [6.45, 7) is 5.63. The number of carbonyl (C=O) groups is 1. The lowest BCUT2D eigenvalue weighted by atomic mass is 9.83. The van der Waals surface area contributed by atoms with Gasteiger partial charge in [-0.2, -0.15) is 0 Å². The number of carbonyl (C=O) groups excluding carboxylic acids is 1. The second-order valence-corrected chi connectivity index (χ2v) is 5.78. The predicted molar refractivity (Wildman–Crippen MR) is 76.9 cm³/mol. The number of aryl methyl sites for hydroxylation is 1. The quantitative estimate of drug-likeness (QED) is 0.755. The van der Waals surface area contributed by atoms with Crippen LogP contribution in [-0.4, -0.2) is 31.4 Å². The van der Waals surface area contributed by atoms with E-state index in [9.17, 15) is 4.79 Å². The topological polar surface area (TPSA) is 29.5 Å². The van der Waals surface area contributed by atoms with Crippen LogP contribution in [-0.2, 0) is 17.6 Å². The van der Waals surface area contributed by atoms with Gasteiger partial charge in [0.05, 0.1) is 0 Å². The second kappa shape index (κ2) is 4.91. The molecule has 1 saturated heterocycles. The van der Waals surface area contributed by atoms with Crippen LogP contribution >= 0.6 is 0 Å². The van der Waals surface area contributed by atoms with E-state index >= 15 is 0 Å². The smallest absolute Gasteiger partial charge is 0.340 e. The van der Waals surface area contributed by atoms with Crippen LogP contribution in [0.1, 0.15) is 23.6 Å². The van der Waals surface area contributed by atoms with Gasteiger partial charge >= 0.3 is 7.48 Å². The molecular formula is C15H20BNO2. The van der Waals surface area contributed by atoms with Crippen LogP contribution in [0, 0.1) is 12.8 Å². The van der Waals surface area contributed by atoms with Crippen molar-refractivity contribution in [3.05, 3.63) is 28.8 Å². The molecule has 0 saturated carbocycles. The van der Waals surface area contributed by atoms with Crippen LogP contribution in [0.15, 0.2) is 12.1 Å². The monoisotopic (exact) mass is 257 g/mol. The van der Waals surface area contributed by atoms with E-state index in [4.69, 9.17) is 4.65 Å². The molecule has 2 aliphatic rings. The summed E-state index contributed by atoms with van der Waals surface area (Å²) in [7, 11) is 0.846. The molecule has 0 aliphatic carbocycles.